The molecule has 5 rings (SSSR count). The second-order valence-corrected chi connectivity index (χ2v) is 9.47. The zero-order valence-electron chi connectivity index (χ0n) is 20.5. The van der Waals surface area contributed by atoms with E-state index in [9.17, 15) is 9.59 Å². The minimum Gasteiger partial charge on any atom is -0.493 e. The Morgan fingerprint density at radius 1 is 1.09 bits per heavy atom. The number of anilines is 2. The summed E-state index contributed by atoms with van der Waals surface area (Å²) in [7, 11) is 4.55. The normalized spacial score (nSPS) is 26.3. The van der Waals surface area contributed by atoms with Gasteiger partial charge in [0.25, 0.3) is 0 Å². The molecule has 8 nitrogen and oxygen atoms in total. The number of methoxy groups -OCH3 is 3. The van der Waals surface area contributed by atoms with E-state index in [4.69, 9.17) is 18.9 Å². The van der Waals surface area contributed by atoms with Crippen LogP contribution in [0.3, 0.4) is 0 Å². The fourth-order valence-corrected chi connectivity index (χ4v) is 5.43. The van der Waals surface area contributed by atoms with Gasteiger partial charge in [-0.25, -0.2) is 0 Å². The van der Waals surface area contributed by atoms with E-state index in [1.807, 2.05) is 36.4 Å². The summed E-state index contributed by atoms with van der Waals surface area (Å²) in [6.07, 6.45) is 3.40. The van der Waals surface area contributed by atoms with Gasteiger partial charge in [-0.15, -0.1) is 0 Å². The second kappa shape index (κ2) is 8.61. The van der Waals surface area contributed by atoms with Crippen molar-refractivity contribution in [3.8, 4) is 17.2 Å². The molecular formula is C27H30N2O6. The first kappa shape index (κ1) is 23.2. The highest BCUT2D eigenvalue weighted by molar-refractivity contribution is 6.05. The van der Waals surface area contributed by atoms with Crippen LogP contribution in [0.1, 0.15) is 25.3 Å². The molecule has 2 amide bonds. The van der Waals surface area contributed by atoms with E-state index < -0.39 is 23.5 Å². The molecule has 3 heterocycles. The molecule has 0 radical (unpaired) electrons. The number of hydrogen-bond acceptors (Lipinski definition) is 6. The molecule has 2 fully saturated rings. The summed E-state index contributed by atoms with van der Waals surface area (Å²) in [5.41, 5.74) is 1.71. The molecule has 4 atom stereocenters. The SMILES string of the molecule is COc1cc(NC(=O)C2C3C=C[C@]4(CN(c5ccc(C(C)C)cc5)C(=O)C24)O3)cc(OC)c1OC. The largest absolute Gasteiger partial charge is 0.493 e. The van der Waals surface area contributed by atoms with Gasteiger partial charge >= 0.3 is 0 Å². The fraction of sp³-hybridized carbons (Fsp3) is 0.407. The second-order valence-electron chi connectivity index (χ2n) is 9.47. The van der Waals surface area contributed by atoms with Crippen LogP contribution in [0.5, 0.6) is 17.2 Å². The molecule has 3 aliphatic heterocycles. The van der Waals surface area contributed by atoms with E-state index in [1.54, 1.807) is 17.0 Å². The van der Waals surface area contributed by atoms with Crippen molar-refractivity contribution in [2.24, 2.45) is 11.8 Å². The van der Waals surface area contributed by atoms with Crippen molar-refractivity contribution in [2.45, 2.75) is 31.5 Å². The molecular weight excluding hydrogens is 448 g/mol. The van der Waals surface area contributed by atoms with Gasteiger partial charge in [-0.05, 0) is 23.6 Å². The number of ether oxygens (including phenoxy) is 4. The first-order valence-corrected chi connectivity index (χ1v) is 11.7. The standard InChI is InChI=1S/C27H30N2O6/c1-15(2)16-6-8-18(9-7-16)29-14-27-11-10-19(35-27)22(23(27)26(29)31)25(30)28-17-12-20(32-3)24(34-5)21(13-17)33-4/h6-13,15,19,22-23H,14H2,1-5H3,(H,28,30)/t19?,22?,23?,27-/m1/s1. The van der Waals surface area contributed by atoms with E-state index in [0.717, 1.165) is 5.69 Å². The highest BCUT2D eigenvalue weighted by Crippen LogP contribution is 2.53. The Bertz CT molecular complexity index is 1170. The number of carbonyl (C=O) groups excluding carboxylic acids is 2. The molecule has 2 aromatic carbocycles. The summed E-state index contributed by atoms with van der Waals surface area (Å²) < 4.78 is 22.4. The number of benzene rings is 2. The molecule has 3 unspecified atom stereocenters. The van der Waals surface area contributed by atoms with Gasteiger partial charge in [0.2, 0.25) is 17.6 Å². The lowest BCUT2D eigenvalue weighted by Gasteiger charge is -2.24. The Hall–Kier alpha value is -3.52. The van der Waals surface area contributed by atoms with Crippen molar-refractivity contribution < 1.29 is 28.5 Å². The third kappa shape index (κ3) is 3.63. The zero-order valence-corrected chi connectivity index (χ0v) is 20.5. The van der Waals surface area contributed by atoms with Crippen LogP contribution in [-0.2, 0) is 14.3 Å². The summed E-state index contributed by atoms with van der Waals surface area (Å²) in [4.78, 5) is 28.9. The summed E-state index contributed by atoms with van der Waals surface area (Å²) >= 11 is 0. The van der Waals surface area contributed by atoms with Gasteiger partial charge in [0.15, 0.2) is 11.5 Å². The van der Waals surface area contributed by atoms with Crippen LogP contribution in [0.4, 0.5) is 11.4 Å². The van der Waals surface area contributed by atoms with Crippen LogP contribution in [-0.4, -0.2) is 51.4 Å². The number of rotatable bonds is 7. The van der Waals surface area contributed by atoms with E-state index in [-0.39, 0.29) is 11.8 Å². The first-order valence-electron chi connectivity index (χ1n) is 11.7. The van der Waals surface area contributed by atoms with Gasteiger partial charge in [-0.2, -0.15) is 0 Å². The number of amides is 2. The van der Waals surface area contributed by atoms with E-state index >= 15 is 0 Å². The summed E-state index contributed by atoms with van der Waals surface area (Å²) in [6.45, 7) is 4.65. The maximum Gasteiger partial charge on any atom is 0.234 e. The highest BCUT2D eigenvalue weighted by Gasteiger charge is 2.67. The summed E-state index contributed by atoms with van der Waals surface area (Å²) in [6, 6.07) is 11.3. The number of carbonyl (C=O) groups is 2. The molecule has 35 heavy (non-hydrogen) atoms. The molecule has 2 aromatic rings. The number of fused-ring (bicyclic) bond motifs is 1. The Morgan fingerprint density at radius 2 is 1.74 bits per heavy atom. The molecule has 0 saturated carbocycles. The zero-order chi connectivity index (χ0) is 24.9. The monoisotopic (exact) mass is 478 g/mol. The van der Waals surface area contributed by atoms with Crippen molar-refractivity contribution in [2.75, 3.05) is 38.1 Å². The lowest BCUT2D eigenvalue weighted by atomic mass is 9.76. The van der Waals surface area contributed by atoms with E-state index in [1.165, 1.54) is 26.9 Å². The molecule has 1 spiro atoms. The maximum atomic E-state index is 13.6. The lowest BCUT2D eigenvalue weighted by molar-refractivity contribution is -0.128. The van der Waals surface area contributed by atoms with Crippen LogP contribution in [0.25, 0.3) is 0 Å². The Kier molecular flexibility index (Phi) is 5.71. The van der Waals surface area contributed by atoms with Crippen LogP contribution in [0.15, 0.2) is 48.6 Å². The number of hydrogen-bond donors (Lipinski definition) is 1. The number of nitrogens with zero attached hydrogens (tertiary/aromatic N) is 1. The van der Waals surface area contributed by atoms with Gasteiger partial charge in [0.05, 0.1) is 45.8 Å². The van der Waals surface area contributed by atoms with Gasteiger partial charge in [0, 0.05) is 23.5 Å². The number of nitrogens with one attached hydrogen (secondary N) is 1. The fourth-order valence-electron chi connectivity index (χ4n) is 5.43. The summed E-state index contributed by atoms with van der Waals surface area (Å²) in [5.74, 6) is 0.0666. The topological polar surface area (TPSA) is 86.3 Å². The van der Waals surface area contributed by atoms with Gasteiger partial charge in [0.1, 0.15) is 5.60 Å². The van der Waals surface area contributed by atoms with Crippen LogP contribution in [0.2, 0.25) is 0 Å². The first-order chi connectivity index (χ1) is 16.8. The molecule has 2 saturated heterocycles. The van der Waals surface area contributed by atoms with Crippen molar-refractivity contribution in [1.82, 2.24) is 0 Å². The minimum atomic E-state index is -0.796. The van der Waals surface area contributed by atoms with E-state index in [2.05, 4.69) is 19.2 Å². The van der Waals surface area contributed by atoms with Crippen LogP contribution >= 0.6 is 0 Å². The lowest BCUT2D eigenvalue weighted by Crippen LogP contribution is -2.41. The predicted molar refractivity (Wildman–Crippen MR) is 131 cm³/mol. The predicted octanol–water partition coefficient (Wildman–Crippen LogP) is 3.76. The quantitative estimate of drug-likeness (QED) is 0.610. The van der Waals surface area contributed by atoms with Crippen molar-refractivity contribution in [1.29, 1.82) is 0 Å². The maximum absolute atomic E-state index is 13.6. The molecule has 0 aliphatic carbocycles. The molecule has 1 N–H and O–H groups in total. The van der Waals surface area contributed by atoms with Crippen molar-refractivity contribution in [3.05, 3.63) is 54.1 Å². The average Bonchev–Trinajstić information content (AvgIpc) is 3.51. The molecule has 0 aromatic heterocycles. The molecule has 2 bridgehead atoms. The van der Waals surface area contributed by atoms with Crippen LogP contribution in [0, 0.1) is 11.8 Å². The van der Waals surface area contributed by atoms with Gasteiger partial charge in [-0.1, -0.05) is 38.1 Å². The van der Waals surface area contributed by atoms with Gasteiger partial charge < -0.3 is 29.2 Å². The smallest absolute Gasteiger partial charge is 0.234 e. The Balaban J connectivity index is 1.41. The van der Waals surface area contributed by atoms with Crippen molar-refractivity contribution >= 4 is 23.2 Å². The molecule has 184 valence electrons. The molecule has 3 aliphatic rings. The minimum absolute atomic E-state index is 0.0980. The van der Waals surface area contributed by atoms with Crippen molar-refractivity contribution in [3.63, 3.8) is 0 Å². The molecule has 8 heteroatoms. The highest BCUT2D eigenvalue weighted by atomic mass is 16.5. The van der Waals surface area contributed by atoms with E-state index in [0.29, 0.717) is 35.4 Å². The summed E-state index contributed by atoms with van der Waals surface area (Å²) in [5, 5.41) is 2.93. The average molecular weight is 479 g/mol. The van der Waals surface area contributed by atoms with Gasteiger partial charge in [-0.3, -0.25) is 9.59 Å². The third-order valence-electron chi connectivity index (χ3n) is 7.21. The van der Waals surface area contributed by atoms with Crippen LogP contribution < -0.4 is 24.4 Å². The Labute approximate surface area is 204 Å². The Morgan fingerprint density at radius 3 is 2.31 bits per heavy atom. The third-order valence-corrected chi connectivity index (χ3v) is 7.21.